The minimum absolute atomic E-state index is 0.0272. The molecule has 0 saturated heterocycles. The first-order valence-corrected chi connectivity index (χ1v) is 8.51. The number of carbonyl (C=O) groups excluding carboxylic acids is 1. The van der Waals surface area contributed by atoms with Gasteiger partial charge in [0.25, 0.3) is 0 Å². The van der Waals surface area contributed by atoms with E-state index in [4.69, 9.17) is 11.6 Å². The zero-order valence-electron chi connectivity index (χ0n) is 14.2. The molecule has 2 aromatic carbocycles. The van der Waals surface area contributed by atoms with E-state index in [0.717, 1.165) is 16.6 Å². The summed E-state index contributed by atoms with van der Waals surface area (Å²) in [6.07, 6.45) is 3.00. The quantitative estimate of drug-likeness (QED) is 0.657. The number of halogens is 2. The third-order valence-electron chi connectivity index (χ3n) is 4.10. The number of aryl methyl sites for hydroxylation is 1. The molecule has 0 bridgehead atoms. The van der Waals surface area contributed by atoms with Crippen LogP contribution in [0.5, 0.6) is 5.75 Å². The van der Waals surface area contributed by atoms with Gasteiger partial charge in [-0.05, 0) is 55.0 Å². The van der Waals surface area contributed by atoms with E-state index >= 15 is 0 Å². The van der Waals surface area contributed by atoms with Gasteiger partial charge < -0.3 is 15.0 Å². The van der Waals surface area contributed by atoms with Crippen LogP contribution in [0.15, 0.2) is 48.5 Å². The molecule has 3 rings (SSSR count). The lowest BCUT2D eigenvalue weighted by atomic mass is 10.2. The summed E-state index contributed by atoms with van der Waals surface area (Å²) in [5, 5.41) is 13.5. The van der Waals surface area contributed by atoms with E-state index in [0.29, 0.717) is 18.7 Å². The number of phenolic OH excluding ortho intramolecular Hbond substituents is 1. The summed E-state index contributed by atoms with van der Waals surface area (Å²) in [6.45, 7) is 2.98. The van der Waals surface area contributed by atoms with E-state index < -0.39 is 0 Å². The molecule has 0 aliphatic carbocycles. The van der Waals surface area contributed by atoms with Crippen molar-refractivity contribution in [3.63, 3.8) is 0 Å². The molecule has 26 heavy (non-hydrogen) atoms. The Kier molecular flexibility index (Phi) is 5.28. The molecule has 134 valence electrons. The Morgan fingerprint density at radius 2 is 2.08 bits per heavy atom. The maximum absolute atomic E-state index is 13.3. The Bertz CT molecular complexity index is 995. The molecule has 0 spiro atoms. The van der Waals surface area contributed by atoms with Crippen LogP contribution in [0.1, 0.15) is 11.3 Å². The molecule has 0 saturated carbocycles. The van der Waals surface area contributed by atoms with Crippen LogP contribution in [0.25, 0.3) is 17.0 Å². The minimum atomic E-state index is -0.263. The number of hydrogen-bond donors (Lipinski definition) is 2. The van der Waals surface area contributed by atoms with Crippen LogP contribution in [-0.4, -0.2) is 22.1 Å². The molecule has 0 atom stereocenters. The predicted octanol–water partition coefficient (Wildman–Crippen LogP) is 4.28. The van der Waals surface area contributed by atoms with Gasteiger partial charge in [0.1, 0.15) is 11.6 Å². The Morgan fingerprint density at radius 3 is 2.85 bits per heavy atom. The van der Waals surface area contributed by atoms with Gasteiger partial charge in [0.2, 0.25) is 5.91 Å². The largest absolute Gasteiger partial charge is 0.506 e. The molecular formula is C20H18ClFN2O2. The van der Waals surface area contributed by atoms with E-state index in [2.05, 4.69) is 5.32 Å². The molecule has 0 fully saturated rings. The molecule has 6 heteroatoms. The van der Waals surface area contributed by atoms with Crippen LogP contribution >= 0.6 is 11.6 Å². The fraction of sp³-hybridized carbons (Fsp3) is 0.150. The summed E-state index contributed by atoms with van der Waals surface area (Å²) in [7, 11) is 0. The number of aromatic nitrogens is 1. The fourth-order valence-corrected chi connectivity index (χ4v) is 2.95. The summed E-state index contributed by atoms with van der Waals surface area (Å²) in [5.74, 6) is -0.526. The number of hydrogen-bond acceptors (Lipinski definition) is 2. The average Bonchev–Trinajstić information content (AvgIpc) is 2.90. The number of aromatic hydroxyl groups is 1. The van der Waals surface area contributed by atoms with Crippen molar-refractivity contribution in [1.82, 2.24) is 9.88 Å². The number of rotatable bonds is 5. The molecule has 1 amide bonds. The van der Waals surface area contributed by atoms with Gasteiger partial charge in [0.15, 0.2) is 0 Å². The molecule has 0 aliphatic rings. The summed E-state index contributed by atoms with van der Waals surface area (Å²) in [5.41, 5.74) is 2.62. The van der Waals surface area contributed by atoms with Gasteiger partial charge in [-0.1, -0.05) is 17.7 Å². The SMILES string of the molecule is Cc1cc2cc(F)ccc2n1CCNC(=O)C=Cc1ccc(Cl)c(O)c1. The summed E-state index contributed by atoms with van der Waals surface area (Å²) >= 11 is 5.75. The van der Waals surface area contributed by atoms with E-state index in [1.807, 2.05) is 17.6 Å². The number of carbonyl (C=O) groups is 1. The van der Waals surface area contributed by atoms with Crippen molar-refractivity contribution in [1.29, 1.82) is 0 Å². The molecule has 1 aromatic heterocycles. The van der Waals surface area contributed by atoms with Crippen LogP contribution in [0.4, 0.5) is 4.39 Å². The normalized spacial score (nSPS) is 11.3. The van der Waals surface area contributed by atoms with E-state index in [1.54, 1.807) is 24.3 Å². The Balaban J connectivity index is 1.59. The van der Waals surface area contributed by atoms with Gasteiger partial charge in [-0.15, -0.1) is 0 Å². The summed E-state index contributed by atoms with van der Waals surface area (Å²) in [6, 6.07) is 11.4. The molecule has 2 N–H and O–H groups in total. The van der Waals surface area contributed by atoms with Gasteiger partial charge in [-0.3, -0.25) is 4.79 Å². The van der Waals surface area contributed by atoms with Crippen molar-refractivity contribution in [2.24, 2.45) is 0 Å². The Labute approximate surface area is 155 Å². The lowest BCUT2D eigenvalue weighted by Crippen LogP contribution is -2.25. The zero-order valence-corrected chi connectivity index (χ0v) is 14.9. The number of phenols is 1. The molecular weight excluding hydrogens is 355 g/mol. The number of nitrogens with zero attached hydrogens (tertiary/aromatic N) is 1. The molecule has 4 nitrogen and oxygen atoms in total. The maximum Gasteiger partial charge on any atom is 0.244 e. The first kappa shape index (κ1) is 18.0. The second-order valence-corrected chi connectivity index (χ2v) is 6.38. The molecule has 3 aromatic rings. The van der Waals surface area contributed by atoms with E-state index in [9.17, 15) is 14.3 Å². The Morgan fingerprint density at radius 1 is 1.27 bits per heavy atom. The van der Waals surface area contributed by atoms with Crippen molar-refractivity contribution in [3.05, 3.63) is 70.6 Å². The predicted molar refractivity (Wildman–Crippen MR) is 102 cm³/mol. The topological polar surface area (TPSA) is 54.3 Å². The van der Waals surface area contributed by atoms with Crippen LogP contribution in [0, 0.1) is 12.7 Å². The van der Waals surface area contributed by atoms with Crippen LogP contribution in [0.3, 0.4) is 0 Å². The van der Waals surface area contributed by atoms with Crippen molar-refractivity contribution < 1.29 is 14.3 Å². The second-order valence-electron chi connectivity index (χ2n) is 5.98. The number of benzene rings is 2. The highest BCUT2D eigenvalue weighted by molar-refractivity contribution is 6.32. The van der Waals surface area contributed by atoms with E-state index in [-0.39, 0.29) is 22.5 Å². The smallest absolute Gasteiger partial charge is 0.244 e. The number of amides is 1. The monoisotopic (exact) mass is 372 g/mol. The van der Waals surface area contributed by atoms with Crippen molar-refractivity contribution >= 4 is 34.5 Å². The number of fused-ring (bicyclic) bond motifs is 1. The average molecular weight is 373 g/mol. The standard InChI is InChI=1S/C20H18ClFN2O2/c1-13-10-15-12-16(22)4-6-18(15)24(13)9-8-23-20(26)7-3-14-2-5-17(21)19(25)11-14/h2-7,10-12,25H,8-9H2,1H3,(H,23,26). The third kappa shape index (κ3) is 4.06. The van der Waals surface area contributed by atoms with Gasteiger partial charge in [0, 0.05) is 35.8 Å². The van der Waals surface area contributed by atoms with Crippen LogP contribution in [-0.2, 0) is 11.3 Å². The molecule has 0 aliphatic heterocycles. The van der Waals surface area contributed by atoms with Gasteiger partial charge in [-0.2, -0.15) is 0 Å². The first-order valence-electron chi connectivity index (χ1n) is 8.14. The third-order valence-corrected chi connectivity index (χ3v) is 4.42. The summed E-state index contributed by atoms with van der Waals surface area (Å²) < 4.78 is 15.3. The highest BCUT2D eigenvalue weighted by Crippen LogP contribution is 2.24. The molecule has 0 radical (unpaired) electrons. The fourth-order valence-electron chi connectivity index (χ4n) is 2.83. The van der Waals surface area contributed by atoms with Gasteiger partial charge in [0.05, 0.1) is 5.02 Å². The second kappa shape index (κ2) is 7.62. The van der Waals surface area contributed by atoms with Crippen molar-refractivity contribution in [2.75, 3.05) is 6.54 Å². The minimum Gasteiger partial charge on any atom is -0.506 e. The van der Waals surface area contributed by atoms with Crippen LogP contribution < -0.4 is 5.32 Å². The maximum atomic E-state index is 13.3. The van der Waals surface area contributed by atoms with Crippen molar-refractivity contribution in [2.45, 2.75) is 13.5 Å². The van der Waals surface area contributed by atoms with Gasteiger partial charge >= 0.3 is 0 Å². The van der Waals surface area contributed by atoms with E-state index in [1.165, 1.54) is 24.3 Å². The zero-order chi connectivity index (χ0) is 18.7. The van der Waals surface area contributed by atoms with Crippen molar-refractivity contribution in [3.8, 4) is 5.75 Å². The summed E-state index contributed by atoms with van der Waals surface area (Å²) in [4.78, 5) is 11.9. The lowest BCUT2D eigenvalue weighted by molar-refractivity contribution is -0.116. The number of nitrogens with one attached hydrogen (secondary N) is 1. The Hall–Kier alpha value is -2.79. The molecule has 0 unspecified atom stereocenters. The first-order chi connectivity index (χ1) is 12.4. The molecule has 1 heterocycles. The highest BCUT2D eigenvalue weighted by Gasteiger charge is 2.06. The van der Waals surface area contributed by atoms with Gasteiger partial charge in [-0.25, -0.2) is 4.39 Å². The highest BCUT2D eigenvalue weighted by atomic mass is 35.5. The lowest BCUT2D eigenvalue weighted by Gasteiger charge is -2.08. The van der Waals surface area contributed by atoms with Crippen LogP contribution in [0.2, 0.25) is 5.02 Å².